The van der Waals surface area contributed by atoms with Gasteiger partial charge in [0.15, 0.2) is 11.5 Å². The molecule has 0 radical (unpaired) electrons. The Kier molecular flexibility index (Phi) is 7.59. The number of pyridine rings is 1. The molecule has 2 aromatic carbocycles. The van der Waals surface area contributed by atoms with Crippen LogP contribution in [0.2, 0.25) is 0 Å². The summed E-state index contributed by atoms with van der Waals surface area (Å²) in [5, 5.41) is 3.13. The average Bonchev–Trinajstić information content (AvgIpc) is 2.84. The molecular weight excluding hydrogens is 425 g/mol. The summed E-state index contributed by atoms with van der Waals surface area (Å²) in [5.74, 6) is 2.03. The molecule has 8 heteroatoms. The monoisotopic (exact) mass is 453 g/mol. The van der Waals surface area contributed by atoms with E-state index in [4.69, 9.17) is 18.9 Å². The highest BCUT2D eigenvalue weighted by atomic mass is 19.1. The molecule has 0 bridgehead atoms. The standard InChI is InChI=1S/C25H28FN3O4/c1-30-22-14-19(15-23(31-2)25(22)33-13-10-29-8-11-32-12-9-29)18-6-7-27-24(16-18)28-21-5-3-4-20(26)17-21/h3-7,14-17H,8-13H2,1-2H3,(H,27,28). The normalized spacial score (nSPS) is 14.0. The Hall–Kier alpha value is -3.36. The van der Waals surface area contributed by atoms with Crippen LogP contribution >= 0.6 is 0 Å². The Balaban J connectivity index is 1.53. The summed E-state index contributed by atoms with van der Waals surface area (Å²) < 4.78 is 36.2. The van der Waals surface area contributed by atoms with Gasteiger partial charge in [-0.15, -0.1) is 0 Å². The lowest BCUT2D eigenvalue weighted by molar-refractivity contribution is 0.0319. The van der Waals surface area contributed by atoms with Gasteiger partial charge in [-0.25, -0.2) is 9.37 Å². The molecule has 0 amide bonds. The van der Waals surface area contributed by atoms with Gasteiger partial charge in [-0.2, -0.15) is 0 Å². The lowest BCUT2D eigenvalue weighted by atomic mass is 10.1. The van der Waals surface area contributed by atoms with Crippen LogP contribution in [0.1, 0.15) is 0 Å². The Morgan fingerprint density at radius 3 is 2.45 bits per heavy atom. The maximum atomic E-state index is 13.5. The van der Waals surface area contributed by atoms with Gasteiger partial charge in [0.05, 0.1) is 27.4 Å². The molecule has 1 aliphatic heterocycles. The van der Waals surface area contributed by atoms with Crippen molar-refractivity contribution in [2.24, 2.45) is 0 Å². The number of nitrogens with zero attached hydrogens (tertiary/aromatic N) is 2. The second-order valence-electron chi connectivity index (χ2n) is 7.58. The summed E-state index contributed by atoms with van der Waals surface area (Å²) in [7, 11) is 3.22. The van der Waals surface area contributed by atoms with Crippen LogP contribution in [0.15, 0.2) is 54.7 Å². The topological polar surface area (TPSA) is 65.1 Å². The molecule has 0 atom stereocenters. The maximum absolute atomic E-state index is 13.5. The number of hydrogen-bond acceptors (Lipinski definition) is 7. The van der Waals surface area contributed by atoms with Crippen molar-refractivity contribution in [3.63, 3.8) is 0 Å². The largest absolute Gasteiger partial charge is 0.493 e. The fraction of sp³-hybridized carbons (Fsp3) is 0.320. The van der Waals surface area contributed by atoms with Crippen LogP contribution in [0.5, 0.6) is 17.2 Å². The SMILES string of the molecule is COc1cc(-c2ccnc(Nc3cccc(F)c3)c2)cc(OC)c1OCCN1CCOCC1. The zero-order chi connectivity index (χ0) is 23.0. The van der Waals surface area contributed by atoms with E-state index in [2.05, 4.69) is 15.2 Å². The third-order valence-electron chi connectivity index (χ3n) is 5.41. The Morgan fingerprint density at radius 2 is 1.76 bits per heavy atom. The highest BCUT2D eigenvalue weighted by Crippen LogP contribution is 2.41. The van der Waals surface area contributed by atoms with Crippen LogP contribution in [-0.4, -0.2) is 63.6 Å². The van der Waals surface area contributed by atoms with E-state index in [1.54, 1.807) is 32.5 Å². The van der Waals surface area contributed by atoms with Gasteiger partial charge in [-0.3, -0.25) is 4.90 Å². The smallest absolute Gasteiger partial charge is 0.203 e. The first kappa shape index (κ1) is 22.8. The molecule has 0 unspecified atom stereocenters. The van der Waals surface area contributed by atoms with E-state index in [0.29, 0.717) is 35.4 Å². The van der Waals surface area contributed by atoms with E-state index >= 15 is 0 Å². The predicted molar refractivity (Wildman–Crippen MR) is 125 cm³/mol. The van der Waals surface area contributed by atoms with Gasteiger partial charge in [0.1, 0.15) is 18.2 Å². The number of rotatable bonds is 9. The minimum absolute atomic E-state index is 0.310. The Morgan fingerprint density at radius 1 is 1.00 bits per heavy atom. The van der Waals surface area contributed by atoms with Crippen molar-refractivity contribution in [1.29, 1.82) is 0 Å². The Labute approximate surface area is 193 Å². The number of aromatic nitrogens is 1. The lowest BCUT2D eigenvalue weighted by Crippen LogP contribution is -2.38. The van der Waals surface area contributed by atoms with Gasteiger partial charge in [0.2, 0.25) is 5.75 Å². The van der Waals surface area contributed by atoms with E-state index < -0.39 is 0 Å². The molecule has 1 aromatic heterocycles. The van der Waals surface area contributed by atoms with Crippen LogP contribution in [0, 0.1) is 5.82 Å². The van der Waals surface area contributed by atoms with Gasteiger partial charge >= 0.3 is 0 Å². The lowest BCUT2D eigenvalue weighted by Gasteiger charge is -2.26. The van der Waals surface area contributed by atoms with Crippen molar-refractivity contribution in [2.75, 3.05) is 59.0 Å². The molecule has 0 aliphatic carbocycles. The van der Waals surface area contributed by atoms with Crippen LogP contribution in [0.3, 0.4) is 0 Å². The molecule has 1 saturated heterocycles. The number of ether oxygens (including phenoxy) is 4. The number of benzene rings is 2. The molecule has 4 rings (SSSR count). The quantitative estimate of drug-likeness (QED) is 0.516. The average molecular weight is 454 g/mol. The molecule has 3 aromatic rings. The minimum atomic E-state index is -0.310. The highest BCUT2D eigenvalue weighted by molar-refractivity contribution is 5.73. The first-order chi connectivity index (χ1) is 16.2. The summed E-state index contributed by atoms with van der Waals surface area (Å²) in [6.45, 7) is 4.64. The predicted octanol–water partition coefficient (Wildman–Crippen LogP) is 4.36. The van der Waals surface area contributed by atoms with E-state index in [0.717, 1.165) is 44.0 Å². The van der Waals surface area contributed by atoms with Crippen LogP contribution in [0.4, 0.5) is 15.9 Å². The molecule has 33 heavy (non-hydrogen) atoms. The number of nitrogens with one attached hydrogen (secondary N) is 1. The third-order valence-corrected chi connectivity index (χ3v) is 5.41. The minimum Gasteiger partial charge on any atom is -0.493 e. The second-order valence-corrected chi connectivity index (χ2v) is 7.58. The molecule has 174 valence electrons. The summed E-state index contributed by atoms with van der Waals surface area (Å²) in [4.78, 5) is 6.65. The van der Waals surface area contributed by atoms with Crippen molar-refractivity contribution in [1.82, 2.24) is 9.88 Å². The second kappa shape index (κ2) is 11.0. The van der Waals surface area contributed by atoms with Gasteiger partial charge in [0.25, 0.3) is 0 Å². The van der Waals surface area contributed by atoms with Crippen LogP contribution in [-0.2, 0) is 4.74 Å². The van der Waals surface area contributed by atoms with Crippen molar-refractivity contribution in [2.45, 2.75) is 0 Å². The molecule has 7 nitrogen and oxygen atoms in total. The first-order valence-corrected chi connectivity index (χ1v) is 10.8. The van der Waals surface area contributed by atoms with Crippen molar-refractivity contribution < 1.29 is 23.3 Å². The van der Waals surface area contributed by atoms with Gasteiger partial charge < -0.3 is 24.3 Å². The maximum Gasteiger partial charge on any atom is 0.203 e. The summed E-state index contributed by atoms with van der Waals surface area (Å²) in [5.41, 5.74) is 2.41. The number of hydrogen-bond donors (Lipinski definition) is 1. The Bertz CT molecular complexity index is 1050. The highest BCUT2D eigenvalue weighted by Gasteiger charge is 2.17. The number of morpholine rings is 1. The molecular formula is C25H28FN3O4. The fourth-order valence-electron chi connectivity index (χ4n) is 3.68. The summed E-state index contributed by atoms with van der Waals surface area (Å²) in [6.07, 6.45) is 1.70. The third kappa shape index (κ3) is 5.91. The molecule has 2 heterocycles. The molecule has 0 saturated carbocycles. The summed E-state index contributed by atoms with van der Waals surface area (Å²) >= 11 is 0. The van der Waals surface area contributed by atoms with Gasteiger partial charge in [-0.05, 0) is 53.6 Å². The zero-order valence-corrected chi connectivity index (χ0v) is 18.8. The van der Waals surface area contributed by atoms with E-state index in [1.807, 2.05) is 24.3 Å². The molecule has 1 fully saturated rings. The van der Waals surface area contributed by atoms with Crippen LogP contribution < -0.4 is 19.5 Å². The van der Waals surface area contributed by atoms with Crippen molar-refractivity contribution >= 4 is 11.5 Å². The molecule has 1 aliphatic rings. The number of anilines is 2. The molecule has 1 N–H and O–H groups in total. The van der Waals surface area contributed by atoms with E-state index in [9.17, 15) is 4.39 Å². The summed E-state index contributed by atoms with van der Waals surface area (Å²) in [6, 6.07) is 13.9. The van der Waals surface area contributed by atoms with Gasteiger partial charge in [0, 0.05) is 31.5 Å². The van der Waals surface area contributed by atoms with E-state index in [1.165, 1.54) is 12.1 Å². The van der Waals surface area contributed by atoms with Gasteiger partial charge in [-0.1, -0.05) is 6.07 Å². The zero-order valence-electron chi connectivity index (χ0n) is 18.8. The fourth-order valence-corrected chi connectivity index (χ4v) is 3.68. The number of methoxy groups -OCH3 is 2. The molecule has 0 spiro atoms. The number of halogens is 1. The van der Waals surface area contributed by atoms with Crippen LogP contribution in [0.25, 0.3) is 11.1 Å². The van der Waals surface area contributed by atoms with Crippen molar-refractivity contribution in [3.8, 4) is 28.4 Å². The first-order valence-electron chi connectivity index (χ1n) is 10.8. The van der Waals surface area contributed by atoms with Crippen molar-refractivity contribution in [3.05, 3.63) is 60.5 Å². The van der Waals surface area contributed by atoms with E-state index in [-0.39, 0.29) is 5.82 Å².